The third-order valence-electron chi connectivity index (χ3n) is 4.51. The van der Waals surface area contributed by atoms with Gasteiger partial charge in [-0.15, -0.1) is 0 Å². The molecule has 0 unspecified atom stereocenters. The van der Waals surface area contributed by atoms with Gasteiger partial charge in [-0.2, -0.15) is 0 Å². The van der Waals surface area contributed by atoms with Gasteiger partial charge in [0.05, 0.1) is 11.0 Å². The van der Waals surface area contributed by atoms with E-state index in [0.29, 0.717) is 6.04 Å². The maximum absolute atomic E-state index is 12.0. The van der Waals surface area contributed by atoms with Gasteiger partial charge in [-0.1, -0.05) is 6.07 Å². The number of aromatic nitrogens is 2. The van der Waals surface area contributed by atoms with Gasteiger partial charge in [-0.05, 0) is 71.6 Å². The maximum atomic E-state index is 12.0. The number of fused-ring (bicyclic) bond motifs is 1. The number of carbonyl (C=O) groups excluding carboxylic acids is 1. The Bertz CT molecular complexity index is 758. The Morgan fingerprint density at radius 3 is 2.75 bits per heavy atom. The Morgan fingerprint density at radius 2 is 2.04 bits per heavy atom. The minimum absolute atomic E-state index is 0.159. The summed E-state index contributed by atoms with van der Waals surface area (Å²) in [4.78, 5) is 16.7. The molecule has 130 valence electrons. The minimum atomic E-state index is -0.461. The van der Waals surface area contributed by atoms with E-state index in [0.717, 1.165) is 30.6 Å². The molecule has 1 fully saturated rings. The van der Waals surface area contributed by atoms with Gasteiger partial charge in [0.15, 0.2) is 0 Å². The summed E-state index contributed by atoms with van der Waals surface area (Å²) in [6.45, 7) is 9.79. The van der Waals surface area contributed by atoms with Crippen molar-refractivity contribution in [1.29, 1.82) is 0 Å². The second kappa shape index (κ2) is 6.11. The smallest absolute Gasteiger partial charge is 0.407 e. The van der Waals surface area contributed by atoms with E-state index in [1.54, 1.807) is 0 Å². The molecule has 0 spiro atoms. The Morgan fingerprint density at radius 1 is 1.29 bits per heavy atom. The van der Waals surface area contributed by atoms with Crippen molar-refractivity contribution in [2.75, 3.05) is 0 Å². The number of aryl methyl sites for hydroxylation is 2. The van der Waals surface area contributed by atoms with Crippen molar-refractivity contribution in [3.8, 4) is 0 Å². The van der Waals surface area contributed by atoms with Gasteiger partial charge in [0.2, 0.25) is 0 Å². The number of amides is 1. The zero-order valence-electron chi connectivity index (χ0n) is 15.2. The quantitative estimate of drug-likeness (QED) is 0.895. The molecule has 0 radical (unpaired) electrons. The lowest BCUT2D eigenvalue weighted by Crippen LogP contribution is -2.38. The largest absolute Gasteiger partial charge is 0.444 e. The third-order valence-corrected chi connectivity index (χ3v) is 4.51. The van der Waals surface area contributed by atoms with Crippen LogP contribution in [0, 0.1) is 13.8 Å². The van der Waals surface area contributed by atoms with Crippen LogP contribution in [0.4, 0.5) is 4.79 Å². The Kier molecular flexibility index (Phi) is 4.28. The predicted octanol–water partition coefficient (Wildman–Crippen LogP) is 4.27. The molecule has 1 N–H and O–H groups in total. The van der Waals surface area contributed by atoms with Crippen molar-refractivity contribution < 1.29 is 9.53 Å². The van der Waals surface area contributed by atoms with Crippen LogP contribution in [0.1, 0.15) is 57.5 Å². The molecule has 5 nitrogen and oxygen atoms in total. The van der Waals surface area contributed by atoms with E-state index in [9.17, 15) is 4.79 Å². The molecule has 1 saturated carbocycles. The molecule has 1 aliphatic carbocycles. The van der Waals surface area contributed by atoms with Crippen LogP contribution in [-0.2, 0) is 4.74 Å². The normalized spacial score (nSPS) is 21.2. The fourth-order valence-corrected chi connectivity index (χ4v) is 3.59. The number of carbonyl (C=O) groups is 1. The number of hydrogen-bond acceptors (Lipinski definition) is 3. The summed E-state index contributed by atoms with van der Waals surface area (Å²) in [6.07, 6.45) is 2.60. The van der Waals surface area contributed by atoms with Gasteiger partial charge in [0.1, 0.15) is 11.4 Å². The zero-order valence-corrected chi connectivity index (χ0v) is 15.2. The van der Waals surface area contributed by atoms with E-state index >= 15 is 0 Å². The summed E-state index contributed by atoms with van der Waals surface area (Å²) in [6, 6.07) is 6.94. The number of nitrogens with zero attached hydrogens (tertiary/aromatic N) is 2. The topological polar surface area (TPSA) is 56.2 Å². The van der Waals surface area contributed by atoms with Gasteiger partial charge in [-0.3, -0.25) is 0 Å². The molecule has 2 atom stereocenters. The molecule has 3 rings (SSSR count). The molecule has 5 heteroatoms. The molecular weight excluding hydrogens is 302 g/mol. The standard InChI is InChI=1S/C19H27N3O2/c1-12-6-9-17-16(10-12)20-13(2)22(17)15-8-7-14(11-15)21-18(23)24-19(3,4)5/h6,9-10,14-15H,7-8,11H2,1-5H3,(H,21,23)/t14-,15+/m1/s1. The summed E-state index contributed by atoms with van der Waals surface area (Å²) in [5.74, 6) is 1.04. The summed E-state index contributed by atoms with van der Waals surface area (Å²) in [7, 11) is 0. The number of ether oxygens (including phenoxy) is 1. The first kappa shape index (κ1) is 16.8. The first-order valence-electron chi connectivity index (χ1n) is 8.67. The fourth-order valence-electron chi connectivity index (χ4n) is 3.59. The van der Waals surface area contributed by atoms with Crippen LogP contribution in [0.2, 0.25) is 0 Å². The lowest BCUT2D eigenvalue weighted by Gasteiger charge is -2.22. The first-order valence-corrected chi connectivity index (χ1v) is 8.67. The van der Waals surface area contributed by atoms with Gasteiger partial charge < -0.3 is 14.6 Å². The second-order valence-corrected chi connectivity index (χ2v) is 7.83. The van der Waals surface area contributed by atoms with Crippen LogP contribution in [0.15, 0.2) is 18.2 Å². The van der Waals surface area contributed by atoms with Gasteiger partial charge >= 0.3 is 6.09 Å². The number of imidazole rings is 1. The molecule has 0 saturated heterocycles. The lowest BCUT2D eigenvalue weighted by molar-refractivity contribution is 0.0505. The van der Waals surface area contributed by atoms with Gasteiger partial charge in [0, 0.05) is 12.1 Å². The monoisotopic (exact) mass is 329 g/mol. The summed E-state index contributed by atoms with van der Waals surface area (Å²) in [5, 5.41) is 3.01. The molecule has 2 aromatic rings. The average Bonchev–Trinajstić information content (AvgIpc) is 2.99. The van der Waals surface area contributed by atoms with Crippen molar-refractivity contribution in [1.82, 2.24) is 14.9 Å². The van der Waals surface area contributed by atoms with Crippen molar-refractivity contribution in [3.05, 3.63) is 29.6 Å². The highest BCUT2D eigenvalue weighted by atomic mass is 16.6. The number of hydrogen-bond donors (Lipinski definition) is 1. The second-order valence-electron chi connectivity index (χ2n) is 7.83. The molecular formula is C19H27N3O2. The number of rotatable bonds is 2. The van der Waals surface area contributed by atoms with Crippen LogP contribution < -0.4 is 5.32 Å². The van der Waals surface area contributed by atoms with E-state index in [1.807, 2.05) is 20.8 Å². The van der Waals surface area contributed by atoms with Crippen LogP contribution in [-0.4, -0.2) is 27.3 Å². The summed E-state index contributed by atoms with van der Waals surface area (Å²) >= 11 is 0. The summed E-state index contributed by atoms with van der Waals surface area (Å²) in [5.41, 5.74) is 3.00. The molecule has 1 aliphatic rings. The number of nitrogens with one attached hydrogen (secondary N) is 1. The van der Waals surface area contributed by atoms with Crippen LogP contribution in [0.3, 0.4) is 0 Å². The van der Waals surface area contributed by atoms with Crippen LogP contribution in [0.25, 0.3) is 11.0 Å². The Labute approximate surface area is 143 Å². The number of alkyl carbamates (subject to hydrolysis) is 1. The highest BCUT2D eigenvalue weighted by Gasteiger charge is 2.30. The molecule has 1 aromatic heterocycles. The van der Waals surface area contributed by atoms with Crippen LogP contribution >= 0.6 is 0 Å². The molecule has 1 heterocycles. The molecule has 24 heavy (non-hydrogen) atoms. The Hall–Kier alpha value is -2.04. The first-order chi connectivity index (χ1) is 11.2. The van der Waals surface area contributed by atoms with Gasteiger partial charge in [-0.25, -0.2) is 9.78 Å². The average molecular weight is 329 g/mol. The molecule has 1 amide bonds. The molecule has 1 aromatic carbocycles. The highest BCUT2D eigenvalue weighted by molar-refractivity contribution is 5.77. The SMILES string of the molecule is Cc1ccc2c(c1)nc(C)n2[C@H]1CC[C@@H](NC(=O)OC(C)(C)C)C1. The van der Waals surface area contributed by atoms with E-state index in [4.69, 9.17) is 9.72 Å². The van der Waals surface area contributed by atoms with E-state index < -0.39 is 5.60 Å². The number of benzene rings is 1. The van der Waals surface area contributed by atoms with Crippen molar-refractivity contribution in [3.63, 3.8) is 0 Å². The molecule has 0 aliphatic heterocycles. The van der Waals surface area contributed by atoms with Crippen molar-refractivity contribution >= 4 is 17.1 Å². The van der Waals surface area contributed by atoms with Gasteiger partial charge in [0.25, 0.3) is 0 Å². The maximum Gasteiger partial charge on any atom is 0.407 e. The fraction of sp³-hybridized carbons (Fsp3) is 0.579. The predicted molar refractivity (Wildman–Crippen MR) is 95.3 cm³/mol. The molecule has 0 bridgehead atoms. The van der Waals surface area contributed by atoms with E-state index in [2.05, 4.69) is 41.9 Å². The van der Waals surface area contributed by atoms with E-state index in [-0.39, 0.29) is 12.1 Å². The highest BCUT2D eigenvalue weighted by Crippen LogP contribution is 2.34. The van der Waals surface area contributed by atoms with Crippen molar-refractivity contribution in [2.24, 2.45) is 0 Å². The van der Waals surface area contributed by atoms with Crippen LogP contribution in [0.5, 0.6) is 0 Å². The minimum Gasteiger partial charge on any atom is -0.444 e. The zero-order chi connectivity index (χ0) is 17.5. The third kappa shape index (κ3) is 3.55. The van der Waals surface area contributed by atoms with Crippen molar-refractivity contribution in [2.45, 2.75) is 71.6 Å². The Balaban J connectivity index is 1.72. The summed E-state index contributed by atoms with van der Waals surface area (Å²) < 4.78 is 7.69. The van der Waals surface area contributed by atoms with E-state index in [1.165, 1.54) is 11.1 Å². The lowest BCUT2D eigenvalue weighted by atomic mass is 10.2.